The summed E-state index contributed by atoms with van der Waals surface area (Å²) in [5.41, 5.74) is 3.12. The number of thioether (sulfide) groups is 1. The van der Waals surface area contributed by atoms with Gasteiger partial charge in [-0.15, -0.1) is 0 Å². The van der Waals surface area contributed by atoms with Crippen molar-refractivity contribution in [2.75, 3.05) is 5.75 Å². The van der Waals surface area contributed by atoms with E-state index < -0.39 is 0 Å². The molecule has 1 aliphatic carbocycles. The highest BCUT2D eigenvalue weighted by molar-refractivity contribution is 8.00. The zero-order valence-electron chi connectivity index (χ0n) is 10.5. The van der Waals surface area contributed by atoms with Gasteiger partial charge in [0.25, 0.3) is 0 Å². The SMILES string of the molecule is CC1SCCC1NC1CCCc2ccccc21. The van der Waals surface area contributed by atoms with E-state index >= 15 is 0 Å². The first kappa shape index (κ1) is 11.6. The van der Waals surface area contributed by atoms with E-state index in [1.54, 1.807) is 11.1 Å². The van der Waals surface area contributed by atoms with Gasteiger partial charge in [0.1, 0.15) is 0 Å². The molecule has 1 saturated heterocycles. The van der Waals surface area contributed by atoms with Crippen LogP contribution in [0.5, 0.6) is 0 Å². The number of hydrogen-bond donors (Lipinski definition) is 1. The lowest BCUT2D eigenvalue weighted by Gasteiger charge is -2.30. The Bertz CT molecular complexity index is 390. The fourth-order valence-electron chi connectivity index (χ4n) is 3.14. The van der Waals surface area contributed by atoms with Gasteiger partial charge in [0.15, 0.2) is 0 Å². The van der Waals surface area contributed by atoms with Crippen molar-refractivity contribution in [2.45, 2.75) is 49.9 Å². The summed E-state index contributed by atoms with van der Waals surface area (Å²) in [6.45, 7) is 2.37. The van der Waals surface area contributed by atoms with Gasteiger partial charge >= 0.3 is 0 Å². The molecule has 1 N–H and O–H groups in total. The Morgan fingerprint density at radius 3 is 2.94 bits per heavy atom. The van der Waals surface area contributed by atoms with Crippen molar-refractivity contribution in [3.8, 4) is 0 Å². The molecule has 0 spiro atoms. The number of fused-ring (bicyclic) bond motifs is 1. The lowest BCUT2D eigenvalue weighted by molar-refractivity contribution is 0.393. The predicted molar refractivity (Wildman–Crippen MR) is 75.6 cm³/mol. The van der Waals surface area contributed by atoms with Crippen molar-refractivity contribution >= 4 is 11.8 Å². The average molecular weight is 247 g/mol. The summed E-state index contributed by atoms with van der Waals surface area (Å²) in [4.78, 5) is 0. The molecular formula is C15H21NS. The Kier molecular flexibility index (Phi) is 3.44. The minimum atomic E-state index is 0.603. The molecule has 3 atom stereocenters. The second-order valence-electron chi connectivity index (χ2n) is 5.28. The molecule has 1 fully saturated rings. The largest absolute Gasteiger partial charge is 0.306 e. The highest BCUT2D eigenvalue weighted by Crippen LogP contribution is 2.33. The normalized spacial score (nSPS) is 32.4. The van der Waals surface area contributed by atoms with E-state index in [0.29, 0.717) is 6.04 Å². The molecule has 92 valence electrons. The van der Waals surface area contributed by atoms with Crippen LogP contribution in [0.4, 0.5) is 0 Å². The van der Waals surface area contributed by atoms with Gasteiger partial charge in [0, 0.05) is 17.3 Å². The van der Waals surface area contributed by atoms with Crippen LogP contribution in [0.2, 0.25) is 0 Å². The Balaban J connectivity index is 1.76. The lowest BCUT2D eigenvalue weighted by Crippen LogP contribution is -2.37. The molecule has 2 heteroatoms. The van der Waals surface area contributed by atoms with E-state index in [1.165, 1.54) is 31.4 Å². The van der Waals surface area contributed by atoms with E-state index in [-0.39, 0.29) is 0 Å². The second kappa shape index (κ2) is 5.03. The molecule has 1 heterocycles. The Hall–Kier alpha value is -0.470. The van der Waals surface area contributed by atoms with E-state index in [2.05, 4.69) is 48.3 Å². The zero-order chi connectivity index (χ0) is 11.7. The number of benzene rings is 1. The van der Waals surface area contributed by atoms with Crippen molar-refractivity contribution in [1.82, 2.24) is 5.32 Å². The molecule has 3 rings (SSSR count). The quantitative estimate of drug-likeness (QED) is 0.858. The van der Waals surface area contributed by atoms with Crippen LogP contribution in [0.25, 0.3) is 0 Å². The van der Waals surface area contributed by atoms with Crippen molar-refractivity contribution in [2.24, 2.45) is 0 Å². The smallest absolute Gasteiger partial charge is 0.0325 e. The third-order valence-electron chi connectivity index (χ3n) is 4.16. The van der Waals surface area contributed by atoms with Gasteiger partial charge in [-0.2, -0.15) is 11.8 Å². The average Bonchev–Trinajstić information content (AvgIpc) is 2.76. The van der Waals surface area contributed by atoms with Crippen molar-refractivity contribution < 1.29 is 0 Å². The Morgan fingerprint density at radius 1 is 1.24 bits per heavy atom. The van der Waals surface area contributed by atoms with Gasteiger partial charge in [-0.05, 0) is 42.6 Å². The van der Waals surface area contributed by atoms with Crippen molar-refractivity contribution in [3.05, 3.63) is 35.4 Å². The Morgan fingerprint density at radius 2 is 2.12 bits per heavy atom. The van der Waals surface area contributed by atoms with Gasteiger partial charge in [0.05, 0.1) is 0 Å². The maximum absolute atomic E-state index is 3.90. The first-order valence-electron chi connectivity index (χ1n) is 6.80. The summed E-state index contributed by atoms with van der Waals surface area (Å²) in [6, 6.07) is 10.3. The fourth-order valence-corrected chi connectivity index (χ4v) is 4.34. The molecule has 17 heavy (non-hydrogen) atoms. The van der Waals surface area contributed by atoms with E-state index in [1.807, 2.05) is 0 Å². The van der Waals surface area contributed by atoms with Crippen LogP contribution < -0.4 is 5.32 Å². The number of aryl methyl sites for hydroxylation is 1. The lowest BCUT2D eigenvalue weighted by atomic mass is 9.87. The standard InChI is InChI=1S/C15H21NS/c1-11-14(9-10-17-11)16-15-8-4-6-12-5-2-3-7-13(12)15/h2-3,5,7,11,14-16H,4,6,8-10H2,1H3. The third-order valence-corrected chi connectivity index (χ3v) is 5.49. The Labute approximate surface area is 108 Å². The first-order chi connectivity index (χ1) is 8.34. The summed E-state index contributed by atoms with van der Waals surface area (Å²) in [5, 5.41) is 4.68. The molecule has 0 amide bonds. The molecule has 3 unspecified atom stereocenters. The van der Waals surface area contributed by atoms with Crippen LogP contribution in [0.15, 0.2) is 24.3 Å². The van der Waals surface area contributed by atoms with Gasteiger partial charge in [-0.1, -0.05) is 31.2 Å². The topological polar surface area (TPSA) is 12.0 Å². The summed E-state index contributed by atoms with van der Waals surface area (Å²) in [5.74, 6) is 1.33. The zero-order valence-corrected chi connectivity index (χ0v) is 11.3. The van der Waals surface area contributed by atoms with E-state index in [9.17, 15) is 0 Å². The monoisotopic (exact) mass is 247 g/mol. The molecule has 1 aromatic rings. The first-order valence-corrected chi connectivity index (χ1v) is 7.85. The van der Waals surface area contributed by atoms with Crippen molar-refractivity contribution in [3.63, 3.8) is 0 Å². The molecule has 1 aromatic carbocycles. The highest BCUT2D eigenvalue weighted by Gasteiger charge is 2.28. The van der Waals surface area contributed by atoms with Gasteiger partial charge < -0.3 is 5.32 Å². The summed E-state index contributed by atoms with van der Waals surface area (Å²) >= 11 is 2.11. The van der Waals surface area contributed by atoms with Crippen LogP contribution in [-0.2, 0) is 6.42 Å². The summed E-state index contributed by atoms with van der Waals surface area (Å²) < 4.78 is 0. The highest BCUT2D eigenvalue weighted by atomic mass is 32.2. The maximum Gasteiger partial charge on any atom is 0.0325 e. The summed E-state index contributed by atoms with van der Waals surface area (Å²) in [7, 11) is 0. The maximum atomic E-state index is 3.90. The van der Waals surface area contributed by atoms with Crippen LogP contribution in [0, 0.1) is 0 Å². The molecule has 0 bridgehead atoms. The summed E-state index contributed by atoms with van der Waals surface area (Å²) in [6.07, 6.45) is 5.25. The van der Waals surface area contributed by atoms with Crippen LogP contribution in [0.1, 0.15) is 43.4 Å². The minimum Gasteiger partial charge on any atom is -0.306 e. The van der Waals surface area contributed by atoms with E-state index in [4.69, 9.17) is 0 Å². The molecular weight excluding hydrogens is 226 g/mol. The molecule has 0 saturated carbocycles. The van der Waals surface area contributed by atoms with E-state index in [0.717, 1.165) is 11.3 Å². The number of rotatable bonds is 2. The van der Waals surface area contributed by atoms with Crippen LogP contribution in [0.3, 0.4) is 0 Å². The third kappa shape index (κ3) is 2.38. The van der Waals surface area contributed by atoms with Gasteiger partial charge in [-0.3, -0.25) is 0 Å². The van der Waals surface area contributed by atoms with Crippen molar-refractivity contribution in [1.29, 1.82) is 0 Å². The van der Waals surface area contributed by atoms with Gasteiger partial charge in [-0.25, -0.2) is 0 Å². The number of hydrogen-bond acceptors (Lipinski definition) is 2. The molecule has 2 aliphatic rings. The predicted octanol–water partition coefficient (Wildman–Crippen LogP) is 3.55. The molecule has 1 aliphatic heterocycles. The number of nitrogens with one attached hydrogen (secondary N) is 1. The molecule has 0 aromatic heterocycles. The fraction of sp³-hybridized carbons (Fsp3) is 0.600. The van der Waals surface area contributed by atoms with Crippen LogP contribution in [-0.4, -0.2) is 17.0 Å². The molecule has 0 radical (unpaired) electrons. The minimum absolute atomic E-state index is 0.603. The molecule has 1 nitrogen and oxygen atoms in total. The van der Waals surface area contributed by atoms with Crippen LogP contribution >= 0.6 is 11.8 Å². The second-order valence-corrected chi connectivity index (χ2v) is 6.77. The van der Waals surface area contributed by atoms with Gasteiger partial charge in [0.2, 0.25) is 0 Å².